The first kappa shape index (κ1) is 37.0. The van der Waals surface area contributed by atoms with Crippen molar-refractivity contribution in [2.24, 2.45) is 0 Å². The molecule has 0 spiro atoms. The minimum Gasteiger partial charge on any atom is -0.507 e. The summed E-state index contributed by atoms with van der Waals surface area (Å²) in [7, 11) is 0. The van der Waals surface area contributed by atoms with Gasteiger partial charge in [0.25, 0.3) is 0 Å². The molecular formula is C47H46N3OPt-. The van der Waals surface area contributed by atoms with Crippen LogP contribution in [0.1, 0.15) is 69.4 Å². The zero-order valence-electron chi connectivity index (χ0n) is 31.5. The number of pyridine rings is 1. The van der Waals surface area contributed by atoms with E-state index in [0.29, 0.717) is 11.4 Å². The van der Waals surface area contributed by atoms with Gasteiger partial charge in [-0.05, 0) is 89.2 Å². The Kier molecular flexibility index (Phi) is 9.94. The number of phenols is 1. The fourth-order valence-electron chi connectivity index (χ4n) is 7.09. The summed E-state index contributed by atoms with van der Waals surface area (Å²) in [6.45, 7) is 19.9. The molecule has 0 aliphatic carbocycles. The number of benzene rings is 5. The van der Waals surface area contributed by atoms with E-state index in [1.54, 1.807) is 6.07 Å². The van der Waals surface area contributed by atoms with E-state index in [1.807, 2.05) is 30.5 Å². The zero-order chi connectivity index (χ0) is 36.2. The normalized spacial score (nSPS) is 11.9. The van der Waals surface area contributed by atoms with Crippen molar-refractivity contribution < 1.29 is 26.2 Å². The molecule has 5 heteroatoms. The minimum absolute atomic E-state index is 0. The summed E-state index contributed by atoms with van der Waals surface area (Å²) in [5, 5.41) is 11.6. The summed E-state index contributed by atoms with van der Waals surface area (Å²) < 4.78 is 2.26. The van der Waals surface area contributed by atoms with Gasteiger partial charge in [0.05, 0.1) is 22.3 Å². The maximum atomic E-state index is 11.6. The summed E-state index contributed by atoms with van der Waals surface area (Å²) >= 11 is 0. The van der Waals surface area contributed by atoms with Crippen LogP contribution >= 0.6 is 0 Å². The molecule has 0 saturated heterocycles. The Labute approximate surface area is 322 Å². The second-order valence-electron chi connectivity index (χ2n) is 15.9. The monoisotopic (exact) mass is 863 g/mol. The van der Waals surface area contributed by atoms with Gasteiger partial charge in [0.15, 0.2) is 0 Å². The van der Waals surface area contributed by atoms with Crippen LogP contribution in [-0.4, -0.2) is 19.6 Å². The zero-order valence-corrected chi connectivity index (χ0v) is 33.8. The van der Waals surface area contributed by atoms with E-state index in [4.69, 9.17) is 9.97 Å². The topological polar surface area (TPSA) is 50.9 Å². The summed E-state index contributed by atoms with van der Waals surface area (Å²) in [5.74, 6) is 0.878. The predicted molar refractivity (Wildman–Crippen MR) is 213 cm³/mol. The second kappa shape index (κ2) is 14.0. The molecule has 0 fully saturated rings. The second-order valence-corrected chi connectivity index (χ2v) is 15.9. The van der Waals surface area contributed by atoms with Crippen LogP contribution < -0.4 is 0 Å². The first-order chi connectivity index (χ1) is 24.2. The molecule has 0 amide bonds. The summed E-state index contributed by atoms with van der Waals surface area (Å²) in [4.78, 5) is 10.2. The maximum absolute atomic E-state index is 11.6. The van der Waals surface area contributed by atoms with Crippen molar-refractivity contribution in [1.82, 2.24) is 14.5 Å². The van der Waals surface area contributed by atoms with Crippen molar-refractivity contribution in [1.29, 1.82) is 0 Å². The van der Waals surface area contributed by atoms with Crippen molar-refractivity contribution >= 4 is 11.0 Å². The van der Waals surface area contributed by atoms with E-state index in [1.165, 1.54) is 16.7 Å². The molecule has 0 radical (unpaired) electrons. The van der Waals surface area contributed by atoms with E-state index < -0.39 is 0 Å². The number of imidazole rings is 1. The number of aromatic hydroxyl groups is 1. The van der Waals surface area contributed by atoms with Gasteiger partial charge in [-0.2, -0.15) is 0 Å². The number of aromatic nitrogens is 3. The van der Waals surface area contributed by atoms with Crippen LogP contribution in [0.2, 0.25) is 0 Å². The third-order valence-electron chi connectivity index (χ3n) is 9.82. The number of rotatable bonds is 5. The van der Waals surface area contributed by atoms with Crippen molar-refractivity contribution in [2.75, 3.05) is 0 Å². The standard InChI is InChI=1S/C47H46N3O.Pt/c1-29-22-30(2)44(31(3)23-29)50-41-28-37(47(7,8)9)26-38(34-16-13-17-35(24-34)40-27-36(20-21-48-40)46(4,5)6)43(41)49-45(50)39-25-33(18-19-42(39)51)32-14-11-10-12-15-32;/h10-23,25-28,51H,1-9H3;/q-1;. The third kappa shape index (κ3) is 7.02. The van der Waals surface area contributed by atoms with E-state index in [0.717, 1.165) is 61.4 Å². The maximum Gasteiger partial charge on any atom is 0.148 e. The fraction of sp³-hybridized carbons (Fsp3) is 0.234. The van der Waals surface area contributed by atoms with Crippen molar-refractivity contribution in [3.8, 4) is 56.3 Å². The van der Waals surface area contributed by atoms with Crippen LogP contribution in [-0.2, 0) is 31.9 Å². The van der Waals surface area contributed by atoms with Gasteiger partial charge in [-0.25, -0.2) is 4.98 Å². The third-order valence-corrected chi connectivity index (χ3v) is 9.82. The molecule has 5 aromatic carbocycles. The number of aryl methyl sites for hydroxylation is 3. The molecular weight excluding hydrogens is 818 g/mol. The van der Waals surface area contributed by atoms with Crippen LogP contribution in [0.4, 0.5) is 0 Å². The first-order valence-corrected chi connectivity index (χ1v) is 17.7. The largest absolute Gasteiger partial charge is 0.507 e. The molecule has 2 heterocycles. The van der Waals surface area contributed by atoms with Crippen LogP contribution in [0.3, 0.4) is 0 Å². The molecule has 7 rings (SSSR count). The molecule has 0 saturated carbocycles. The molecule has 0 unspecified atom stereocenters. The molecule has 1 N–H and O–H groups in total. The van der Waals surface area contributed by atoms with Gasteiger partial charge >= 0.3 is 0 Å². The SMILES string of the molecule is Cc1cc(C)c(-n2c(-c3cc(-c4ccccc4)ccc3O)nc3c(-c4[c-]c(-c5cc(C(C)(C)C)ccn5)ccc4)cc(C(C)(C)C)cc32)c(C)c1.[Pt]. The quantitative estimate of drug-likeness (QED) is 0.175. The molecule has 4 nitrogen and oxygen atoms in total. The summed E-state index contributed by atoms with van der Waals surface area (Å²) in [6.07, 6.45) is 1.89. The Bertz CT molecular complexity index is 2400. The van der Waals surface area contributed by atoms with Crippen molar-refractivity contribution in [3.05, 3.63) is 143 Å². The Balaban J connectivity index is 0.00000464. The average molecular weight is 864 g/mol. The first-order valence-electron chi connectivity index (χ1n) is 17.7. The Morgan fingerprint density at radius 2 is 1.31 bits per heavy atom. The van der Waals surface area contributed by atoms with Crippen molar-refractivity contribution in [3.63, 3.8) is 0 Å². The van der Waals surface area contributed by atoms with Gasteiger partial charge in [-0.3, -0.25) is 9.55 Å². The molecule has 0 atom stereocenters. The molecule has 266 valence electrons. The molecule has 7 aromatic rings. The van der Waals surface area contributed by atoms with Crippen LogP contribution in [0.25, 0.3) is 61.6 Å². The summed E-state index contributed by atoms with van der Waals surface area (Å²) in [6, 6.07) is 39.4. The van der Waals surface area contributed by atoms with Crippen LogP contribution in [0, 0.1) is 26.8 Å². The number of nitrogens with zero attached hydrogens (tertiary/aromatic N) is 3. The van der Waals surface area contributed by atoms with Gasteiger partial charge < -0.3 is 5.11 Å². The smallest absolute Gasteiger partial charge is 0.148 e. The van der Waals surface area contributed by atoms with Gasteiger partial charge in [-0.15, -0.1) is 29.8 Å². The molecule has 0 bridgehead atoms. The number of fused-ring (bicyclic) bond motifs is 1. The number of phenolic OH excluding ortho intramolecular Hbond substituents is 1. The fourth-order valence-corrected chi connectivity index (χ4v) is 7.09. The Hall–Kier alpha value is -4.79. The molecule has 52 heavy (non-hydrogen) atoms. The average Bonchev–Trinajstić information content (AvgIpc) is 3.46. The summed E-state index contributed by atoms with van der Waals surface area (Å²) in [5.41, 5.74) is 15.2. The number of hydrogen-bond donors (Lipinski definition) is 1. The van der Waals surface area contributed by atoms with Crippen LogP contribution in [0.5, 0.6) is 5.75 Å². The van der Waals surface area contributed by atoms with Gasteiger partial charge in [0.1, 0.15) is 11.6 Å². The van der Waals surface area contributed by atoms with E-state index in [-0.39, 0.29) is 37.6 Å². The van der Waals surface area contributed by atoms with Crippen molar-refractivity contribution in [2.45, 2.75) is 73.1 Å². The molecule has 2 aromatic heterocycles. The minimum atomic E-state index is -0.148. The van der Waals surface area contributed by atoms with Gasteiger partial charge in [0.2, 0.25) is 0 Å². The Morgan fingerprint density at radius 3 is 1.98 bits per heavy atom. The van der Waals surface area contributed by atoms with E-state index in [9.17, 15) is 5.11 Å². The molecule has 0 aliphatic rings. The number of hydrogen-bond acceptors (Lipinski definition) is 3. The molecule has 0 aliphatic heterocycles. The van der Waals surface area contributed by atoms with Gasteiger partial charge in [0, 0.05) is 33.0 Å². The van der Waals surface area contributed by atoms with Crippen LogP contribution in [0.15, 0.2) is 109 Å². The van der Waals surface area contributed by atoms with Gasteiger partial charge in [-0.1, -0.05) is 119 Å². The van der Waals surface area contributed by atoms with E-state index >= 15 is 0 Å². The predicted octanol–water partition coefficient (Wildman–Crippen LogP) is 12.1. The van der Waals surface area contributed by atoms with E-state index in [2.05, 4.69) is 146 Å². The Morgan fingerprint density at radius 1 is 0.635 bits per heavy atom.